The Bertz CT molecular complexity index is 958. The molecule has 1 aromatic heterocycles. The first-order valence-electron chi connectivity index (χ1n) is 9.88. The fraction of sp³-hybridized carbons (Fsp3) is 0.476. The summed E-state index contributed by atoms with van der Waals surface area (Å²) in [7, 11) is -1.79. The Morgan fingerprint density at radius 1 is 1.40 bits per heavy atom. The summed E-state index contributed by atoms with van der Waals surface area (Å²) >= 11 is 3.42. The number of fused-ring (bicyclic) bond motifs is 1. The van der Waals surface area contributed by atoms with Crippen LogP contribution in [0.2, 0.25) is 0 Å². The maximum Gasteiger partial charge on any atom is 0.247 e. The zero-order chi connectivity index (χ0) is 21.9. The van der Waals surface area contributed by atoms with E-state index >= 15 is 0 Å². The van der Waals surface area contributed by atoms with Crippen molar-refractivity contribution in [1.82, 2.24) is 14.2 Å². The van der Waals surface area contributed by atoms with Gasteiger partial charge in [0.25, 0.3) is 0 Å². The number of nitrogens with zero attached hydrogens (tertiary/aromatic N) is 3. The number of aromatic nitrogens is 1. The summed E-state index contributed by atoms with van der Waals surface area (Å²) < 4.78 is 35.0. The number of aliphatic hydroxyl groups is 1. The zero-order valence-electron chi connectivity index (χ0n) is 17.4. The summed E-state index contributed by atoms with van der Waals surface area (Å²) in [5.41, 5.74) is 1.10. The molecule has 1 aromatic carbocycles. The predicted octanol–water partition coefficient (Wildman–Crippen LogP) is 2.74. The van der Waals surface area contributed by atoms with E-state index in [1.54, 1.807) is 31.3 Å². The topological polar surface area (TPSA) is 83.0 Å². The average molecular weight is 498 g/mol. The standard InChI is InChI=1S/C21H28BrN3O4S/c1-15-11-25(16(2)14-26)30(27,28)21-7-6-18(22)9-19(21)29-20(15)13-24(3)12-17-5-4-8-23-10-17/h4-10,15-16,20,26H,11-14H2,1-3H3/t15-,16-,20-/m0/s1. The number of halogens is 1. The van der Waals surface area contributed by atoms with E-state index in [1.807, 2.05) is 32.3 Å². The minimum Gasteiger partial charge on any atom is -0.487 e. The third kappa shape index (κ3) is 5.20. The molecule has 1 aliphatic heterocycles. The highest BCUT2D eigenvalue weighted by Crippen LogP contribution is 2.35. The number of aliphatic hydroxyl groups excluding tert-OH is 1. The van der Waals surface area contributed by atoms with Crippen molar-refractivity contribution in [3.05, 3.63) is 52.8 Å². The van der Waals surface area contributed by atoms with Gasteiger partial charge in [-0.3, -0.25) is 9.88 Å². The van der Waals surface area contributed by atoms with Crippen LogP contribution in [0.4, 0.5) is 0 Å². The van der Waals surface area contributed by atoms with Gasteiger partial charge in [0.15, 0.2) is 0 Å². The summed E-state index contributed by atoms with van der Waals surface area (Å²) in [6, 6.07) is 8.34. The Morgan fingerprint density at radius 2 is 2.17 bits per heavy atom. The van der Waals surface area contributed by atoms with Gasteiger partial charge in [0, 0.05) is 48.5 Å². The number of sulfonamides is 1. The van der Waals surface area contributed by atoms with Gasteiger partial charge >= 0.3 is 0 Å². The molecule has 1 aliphatic rings. The summed E-state index contributed by atoms with van der Waals surface area (Å²) in [6.07, 6.45) is 3.35. The molecule has 0 radical (unpaired) electrons. The lowest BCUT2D eigenvalue weighted by molar-refractivity contribution is 0.0733. The van der Waals surface area contributed by atoms with E-state index in [2.05, 4.69) is 25.8 Å². The van der Waals surface area contributed by atoms with Crippen molar-refractivity contribution in [2.75, 3.05) is 26.7 Å². The maximum atomic E-state index is 13.3. The number of rotatable bonds is 6. The molecule has 0 unspecified atom stereocenters. The van der Waals surface area contributed by atoms with Gasteiger partial charge in [0.1, 0.15) is 16.7 Å². The molecule has 3 atom stereocenters. The predicted molar refractivity (Wildman–Crippen MR) is 119 cm³/mol. The highest BCUT2D eigenvalue weighted by atomic mass is 79.9. The van der Waals surface area contributed by atoms with Crippen molar-refractivity contribution in [1.29, 1.82) is 0 Å². The van der Waals surface area contributed by atoms with Crippen LogP contribution in [0.25, 0.3) is 0 Å². The molecule has 2 heterocycles. The van der Waals surface area contributed by atoms with Crippen LogP contribution >= 0.6 is 15.9 Å². The number of likely N-dealkylation sites (N-methyl/N-ethyl adjacent to an activating group) is 1. The van der Waals surface area contributed by atoms with Crippen molar-refractivity contribution in [2.45, 2.75) is 37.4 Å². The number of ether oxygens (including phenoxy) is 1. The molecule has 0 amide bonds. The lowest BCUT2D eigenvalue weighted by atomic mass is 10.0. The van der Waals surface area contributed by atoms with Gasteiger partial charge in [-0.15, -0.1) is 0 Å². The molecule has 7 nitrogen and oxygen atoms in total. The van der Waals surface area contributed by atoms with Gasteiger partial charge in [-0.05, 0) is 43.8 Å². The molecular weight excluding hydrogens is 470 g/mol. The molecule has 0 bridgehead atoms. The Balaban J connectivity index is 1.92. The second-order valence-electron chi connectivity index (χ2n) is 7.89. The summed E-state index contributed by atoms with van der Waals surface area (Å²) in [6.45, 7) is 5.05. The highest BCUT2D eigenvalue weighted by molar-refractivity contribution is 9.10. The minimum atomic E-state index is -3.80. The van der Waals surface area contributed by atoms with Crippen LogP contribution in [0.5, 0.6) is 5.75 Å². The Morgan fingerprint density at radius 3 is 2.83 bits per heavy atom. The monoisotopic (exact) mass is 497 g/mol. The fourth-order valence-corrected chi connectivity index (χ4v) is 5.76. The van der Waals surface area contributed by atoms with E-state index in [0.29, 0.717) is 18.8 Å². The fourth-order valence-electron chi connectivity index (χ4n) is 3.59. The van der Waals surface area contributed by atoms with E-state index in [9.17, 15) is 13.5 Å². The zero-order valence-corrected chi connectivity index (χ0v) is 19.8. The van der Waals surface area contributed by atoms with Crippen LogP contribution in [-0.4, -0.2) is 66.6 Å². The highest BCUT2D eigenvalue weighted by Gasteiger charge is 2.38. The van der Waals surface area contributed by atoms with Gasteiger partial charge in [-0.1, -0.05) is 28.9 Å². The molecule has 2 aromatic rings. The van der Waals surface area contributed by atoms with Crippen LogP contribution in [0.15, 0.2) is 52.1 Å². The van der Waals surface area contributed by atoms with Gasteiger partial charge in [-0.2, -0.15) is 4.31 Å². The van der Waals surface area contributed by atoms with Crippen molar-refractivity contribution in [3.63, 3.8) is 0 Å². The van der Waals surface area contributed by atoms with E-state index < -0.39 is 16.1 Å². The van der Waals surface area contributed by atoms with Crippen molar-refractivity contribution in [2.24, 2.45) is 5.92 Å². The third-order valence-electron chi connectivity index (χ3n) is 5.30. The molecule has 0 aliphatic carbocycles. The summed E-state index contributed by atoms with van der Waals surface area (Å²) in [5.74, 6) is 0.239. The average Bonchev–Trinajstić information content (AvgIpc) is 2.70. The molecule has 0 spiro atoms. The molecular formula is C21H28BrN3O4S. The quantitative estimate of drug-likeness (QED) is 0.660. The first-order chi connectivity index (χ1) is 14.2. The second-order valence-corrected chi connectivity index (χ2v) is 10.7. The van der Waals surface area contributed by atoms with E-state index in [1.165, 1.54) is 4.31 Å². The van der Waals surface area contributed by atoms with Crippen LogP contribution in [-0.2, 0) is 16.6 Å². The molecule has 0 saturated carbocycles. The lowest BCUT2D eigenvalue weighted by Crippen LogP contribution is -2.49. The molecule has 3 rings (SSSR count). The van der Waals surface area contributed by atoms with Crippen molar-refractivity contribution >= 4 is 26.0 Å². The first kappa shape index (κ1) is 23.1. The maximum absolute atomic E-state index is 13.3. The summed E-state index contributed by atoms with van der Waals surface area (Å²) in [5, 5.41) is 9.68. The van der Waals surface area contributed by atoms with Crippen LogP contribution in [0, 0.1) is 5.92 Å². The number of hydrogen-bond acceptors (Lipinski definition) is 6. The van der Waals surface area contributed by atoms with Crippen LogP contribution in [0.1, 0.15) is 19.4 Å². The van der Waals surface area contributed by atoms with Crippen LogP contribution < -0.4 is 4.74 Å². The number of pyridine rings is 1. The molecule has 164 valence electrons. The smallest absolute Gasteiger partial charge is 0.247 e. The third-order valence-corrected chi connectivity index (χ3v) is 7.81. The lowest BCUT2D eigenvalue weighted by Gasteiger charge is -2.37. The molecule has 30 heavy (non-hydrogen) atoms. The Labute approximate surface area is 186 Å². The molecule has 1 N–H and O–H groups in total. The van der Waals surface area contributed by atoms with Gasteiger partial charge < -0.3 is 9.84 Å². The Hall–Kier alpha value is -1.52. The van der Waals surface area contributed by atoms with Crippen molar-refractivity contribution < 1.29 is 18.3 Å². The van der Waals surface area contributed by atoms with Gasteiger partial charge in [0.2, 0.25) is 10.0 Å². The van der Waals surface area contributed by atoms with Crippen LogP contribution in [0.3, 0.4) is 0 Å². The largest absolute Gasteiger partial charge is 0.487 e. The first-order valence-corrected chi connectivity index (χ1v) is 12.1. The van der Waals surface area contributed by atoms with E-state index in [0.717, 1.165) is 10.0 Å². The van der Waals surface area contributed by atoms with Gasteiger partial charge in [-0.25, -0.2) is 8.42 Å². The normalized spacial score (nSPS) is 22.6. The minimum absolute atomic E-state index is 0.0859. The second kappa shape index (κ2) is 9.74. The molecule has 0 fully saturated rings. The number of hydrogen-bond donors (Lipinski definition) is 1. The number of benzene rings is 1. The Kier molecular flexibility index (Phi) is 7.52. The van der Waals surface area contributed by atoms with E-state index in [4.69, 9.17) is 4.74 Å². The van der Waals surface area contributed by atoms with Crippen molar-refractivity contribution in [3.8, 4) is 5.75 Å². The molecule has 0 saturated heterocycles. The summed E-state index contributed by atoms with van der Waals surface area (Å²) in [4.78, 5) is 6.43. The van der Waals surface area contributed by atoms with Gasteiger partial charge in [0.05, 0.1) is 6.61 Å². The van der Waals surface area contributed by atoms with E-state index in [-0.39, 0.29) is 30.1 Å². The molecule has 9 heteroatoms. The SMILES string of the molecule is C[C@H]1CN([C@@H](C)CO)S(=O)(=O)c2ccc(Br)cc2O[C@H]1CN(C)Cc1cccnc1.